The third-order valence-electron chi connectivity index (χ3n) is 5.15. The van der Waals surface area contributed by atoms with Crippen molar-refractivity contribution in [3.63, 3.8) is 0 Å². The molecule has 7 heteroatoms. The Morgan fingerprint density at radius 2 is 1.73 bits per heavy atom. The molecule has 1 saturated heterocycles. The summed E-state index contributed by atoms with van der Waals surface area (Å²) in [6.45, 7) is 6.44. The van der Waals surface area contributed by atoms with E-state index < -0.39 is 10.2 Å². The number of piperazine rings is 1. The minimum atomic E-state index is -3.55. The van der Waals surface area contributed by atoms with Crippen LogP contribution in [0, 0.1) is 6.92 Å². The lowest BCUT2D eigenvalue weighted by Crippen LogP contribution is -2.47. The molecule has 2 aromatic rings. The average molecular weight is 372 g/mol. The molecule has 4 rings (SSSR count). The van der Waals surface area contributed by atoms with Crippen molar-refractivity contribution in [2.24, 2.45) is 0 Å². The Kier molecular flexibility index (Phi) is 4.60. The molecule has 0 aromatic heterocycles. The van der Waals surface area contributed by atoms with E-state index in [1.807, 2.05) is 43.3 Å². The standard InChI is InChI=1S/C19H24N4O2S/c1-15-5-2-3-6-16(15)14-23-19-8-4-7-18(22-11-9-20-10-12-22)17(19)13-21-26(23,24)25/h2-8,20-21H,9-14H2,1H3. The van der Waals surface area contributed by atoms with E-state index in [-0.39, 0.29) is 0 Å². The van der Waals surface area contributed by atoms with Gasteiger partial charge in [0.15, 0.2) is 0 Å². The van der Waals surface area contributed by atoms with Crippen LogP contribution in [0.15, 0.2) is 42.5 Å². The Labute approximate surface area is 155 Å². The van der Waals surface area contributed by atoms with Gasteiger partial charge in [0.2, 0.25) is 0 Å². The number of fused-ring (bicyclic) bond motifs is 1. The molecule has 26 heavy (non-hydrogen) atoms. The van der Waals surface area contributed by atoms with E-state index in [1.165, 1.54) is 4.31 Å². The lowest BCUT2D eigenvalue weighted by atomic mass is 10.1. The number of benzene rings is 2. The summed E-state index contributed by atoms with van der Waals surface area (Å²) >= 11 is 0. The molecule has 0 radical (unpaired) electrons. The molecular formula is C19H24N4O2S. The molecule has 0 saturated carbocycles. The van der Waals surface area contributed by atoms with Crippen molar-refractivity contribution in [3.8, 4) is 0 Å². The molecule has 138 valence electrons. The highest BCUT2D eigenvalue weighted by Gasteiger charge is 2.32. The van der Waals surface area contributed by atoms with Crippen molar-refractivity contribution in [1.82, 2.24) is 10.0 Å². The molecule has 1 fully saturated rings. The smallest absolute Gasteiger partial charge is 0.302 e. The van der Waals surface area contributed by atoms with Crippen LogP contribution >= 0.6 is 0 Å². The highest BCUT2D eigenvalue weighted by molar-refractivity contribution is 7.90. The number of anilines is 2. The van der Waals surface area contributed by atoms with Crippen molar-refractivity contribution in [3.05, 3.63) is 59.2 Å². The van der Waals surface area contributed by atoms with E-state index >= 15 is 0 Å². The van der Waals surface area contributed by atoms with Gasteiger partial charge in [0.1, 0.15) is 0 Å². The minimum absolute atomic E-state index is 0.333. The Balaban J connectivity index is 1.75. The first-order chi connectivity index (χ1) is 12.6. The second-order valence-corrected chi connectivity index (χ2v) is 8.45. The molecule has 2 aromatic carbocycles. The summed E-state index contributed by atoms with van der Waals surface area (Å²) in [5, 5.41) is 3.36. The maximum Gasteiger partial charge on any atom is 0.302 e. The van der Waals surface area contributed by atoms with Gasteiger partial charge in [-0.1, -0.05) is 30.3 Å². The maximum absolute atomic E-state index is 12.7. The Hall–Kier alpha value is -2.09. The summed E-state index contributed by atoms with van der Waals surface area (Å²) in [7, 11) is -3.55. The van der Waals surface area contributed by atoms with Gasteiger partial charge in [-0.3, -0.25) is 4.31 Å². The minimum Gasteiger partial charge on any atom is -0.369 e. The summed E-state index contributed by atoms with van der Waals surface area (Å²) in [5.41, 5.74) is 5.06. The fraction of sp³-hybridized carbons (Fsp3) is 0.368. The monoisotopic (exact) mass is 372 g/mol. The van der Waals surface area contributed by atoms with Crippen molar-refractivity contribution in [2.45, 2.75) is 20.0 Å². The largest absolute Gasteiger partial charge is 0.369 e. The number of hydrogen-bond donors (Lipinski definition) is 2. The van der Waals surface area contributed by atoms with Crippen LogP contribution in [-0.2, 0) is 23.3 Å². The molecule has 0 bridgehead atoms. The Morgan fingerprint density at radius 1 is 1.00 bits per heavy atom. The highest BCUT2D eigenvalue weighted by Crippen LogP contribution is 2.35. The zero-order valence-electron chi connectivity index (χ0n) is 14.9. The molecule has 0 atom stereocenters. The van der Waals surface area contributed by atoms with Gasteiger partial charge in [-0.25, -0.2) is 0 Å². The molecule has 0 amide bonds. The van der Waals surface area contributed by atoms with E-state index in [4.69, 9.17) is 0 Å². The fourth-order valence-electron chi connectivity index (χ4n) is 3.66. The van der Waals surface area contributed by atoms with Crippen LogP contribution in [0.3, 0.4) is 0 Å². The van der Waals surface area contributed by atoms with Crippen molar-refractivity contribution >= 4 is 21.6 Å². The molecule has 2 heterocycles. The van der Waals surface area contributed by atoms with Crippen LogP contribution < -0.4 is 19.2 Å². The number of nitrogens with one attached hydrogen (secondary N) is 2. The average Bonchev–Trinajstić information content (AvgIpc) is 2.65. The first-order valence-corrected chi connectivity index (χ1v) is 10.4. The lowest BCUT2D eigenvalue weighted by Gasteiger charge is -2.36. The predicted molar refractivity (Wildman–Crippen MR) is 105 cm³/mol. The van der Waals surface area contributed by atoms with E-state index in [1.54, 1.807) is 0 Å². The van der Waals surface area contributed by atoms with Gasteiger partial charge >= 0.3 is 10.2 Å². The summed E-state index contributed by atoms with van der Waals surface area (Å²) < 4.78 is 29.7. The first-order valence-electron chi connectivity index (χ1n) is 8.96. The van der Waals surface area contributed by atoms with E-state index in [0.29, 0.717) is 13.1 Å². The fourth-order valence-corrected chi connectivity index (χ4v) is 4.88. The molecule has 2 N–H and O–H groups in total. The molecule has 0 spiro atoms. The number of hydrogen-bond acceptors (Lipinski definition) is 4. The molecular weight excluding hydrogens is 348 g/mol. The molecule has 6 nitrogen and oxygen atoms in total. The first kappa shape index (κ1) is 17.3. The Bertz CT molecular complexity index is 908. The third-order valence-corrected chi connectivity index (χ3v) is 6.56. The third kappa shape index (κ3) is 3.18. The van der Waals surface area contributed by atoms with Crippen LogP contribution in [0.4, 0.5) is 11.4 Å². The van der Waals surface area contributed by atoms with Crippen molar-refractivity contribution in [1.29, 1.82) is 0 Å². The molecule has 2 aliphatic heterocycles. The zero-order valence-corrected chi connectivity index (χ0v) is 15.7. The van der Waals surface area contributed by atoms with E-state index in [2.05, 4.69) is 21.0 Å². The van der Waals surface area contributed by atoms with Crippen molar-refractivity contribution < 1.29 is 8.42 Å². The van der Waals surface area contributed by atoms with Gasteiger partial charge in [-0.15, -0.1) is 0 Å². The SMILES string of the molecule is Cc1ccccc1CN1c2cccc(N3CCNCC3)c2CNS1(=O)=O. The molecule has 0 aliphatic carbocycles. The molecule has 2 aliphatic rings. The lowest BCUT2D eigenvalue weighted by molar-refractivity contribution is 0.568. The highest BCUT2D eigenvalue weighted by atomic mass is 32.2. The van der Waals surface area contributed by atoms with Crippen LogP contribution in [0.1, 0.15) is 16.7 Å². The normalized spacial score (nSPS) is 19.3. The van der Waals surface area contributed by atoms with Gasteiger partial charge in [-0.2, -0.15) is 13.1 Å². The van der Waals surface area contributed by atoms with Crippen LogP contribution in [0.25, 0.3) is 0 Å². The van der Waals surface area contributed by atoms with Gasteiger partial charge < -0.3 is 10.2 Å². The summed E-state index contributed by atoms with van der Waals surface area (Å²) in [6.07, 6.45) is 0. The van der Waals surface area contributed by atoms with Gasteiger partial charge in [0.25, 0.3) is 0 Å². The maximum atomic E-state index is 12.7. The number of rotatable bonds is 3. The van der Waals surface area contributed by atoms with Crippen LogP contribution in [-0.4, -0.2) is 34.6 Å². The summed E-state index contributed by atoms with van der Waals surface area (Å²) in [6, 6.07) is 13.9. The predicted octanol–water partition coefficient (Wildman–Crippen LogP) is 1.76. The second-order valence-electron chi connectivity index (χ2n) is 6.77. The summed E-state index contributed by atoms with van der Waals surface area (Å²) in [5.74, 6) is 0. The van der Waals surface area contributed by atoms with E-state index in [9.17, 15) is 8.42 Å². The van der Waals surface area contributed by atoms with E-state index in [0.717, 1.165) is 54.2 Å². The van der Waals surface area contributed by atoms with Crippen LogP contribution in [0.5, 0.6) is 0 Å². The topological polar surface area (TPSA) is 64.7 Å². The quantitative estimate of drug-likeness (QED) is 0.862. The zero-order chi connectivity index (χ0) is 18.1. The van der Waals surface area contributed by atoms with Gasteiger partial charge in [-0.05, 0) is 30.2 Å². The summed E-state index contributed by atoms with van der Waals surface area (Å²) in [4.78, 5) is 2.33. The van der Waals surface area contributed by atoms with Gasteiger partial charge in [0, 0.05) is 44.0 Å². The van der Waals surface area contributed by atoms with Crippen molar-refractivity contribution in [2.75, 3.05) is 35.4 Å². The van der Waals surface area contributed by atoms with Gasteiger partial charge in [0.05, 0.1) is 12.2 Å². The number of aryl methyl sites for hydroxylation is 1. The Morgan fingerprint density at radius 3 is 2.50 bits per heavy atom. The molecule has 0 unspecified atom stereocenters. The van der Waals surface area contributed by atoms with Crippen LogP contribution in [0.2, 0.25) is 0 Å². The second kappa shape index (κ2) is 6.90. The number of nitrogens with zero attached hydrogens (tertiary/aromatic N) is 2.